The molecule has 2 rings (SSSR count). The molecular weight excluding hydrogens is 412 g/mol. The van der Waals surface area contributed by atoms with Gasteiger partial charge in [-0.25, -0.2) is 5.06 Å². The lowest BCUT2D eigenvalue weighted by atomic mass is 10.0. The van der Waals surface area contributed by atoms with E-state index in [-0.39, 0.29) is 24.3 Å². The fourth-order valence-electron chi connectivity index (χ4n) is 3.53. The number of carbonyl (C=O) groups excluding carboxylic acids is 2. The highest BCUT2D eigenvalue weighted by Gasteiger charge is 2.23. The van der Waals surface area contributed by atoms with Gasteiger partial charge >= 0.3 is 0 Å². The summed E-state index contributed by atoms with van der Waals surface area (Å²) in [4.78, 5) is 41.6. The maximum Gasteiger partial charge on any atom is 0.246 e. The minimum atomic E-state index is -0.544. The Morgan fingerprint density at radius 2 is 1.88 bits per heavy atom. The van der Waals surface area contributed by atoms with Gasteiger partial charge in [0.05, 0.1) is 12.5 Å². The zero-order chi connectivity index (χ0) is 23.5. The molecule has 1 atom stereocenters. The smallest absolute Gasteiger partial charge is 0.246 e. The van der Waals surface area contributed by atoms with E-state index >= 15 is 0 Å². The van der Waals surface area contributed by atoms with Crippen molar-refractivity contribution in [1.29, 1.82) is 0 Å². The van der Waals surface area contributed by atoms with Crippen LogP contribution in [0.3, 0.4) is 0 Å². The number of carbonyl (C=O) groups is 2. The first-order valence-electron chi connectivity index (χ1n) is 11.6. The Balaban J connectivity index is 2.08. The predicted molar refractivity (Wildman–Crippen MR) is 122 cm³/mol. The van der Waals surface area contributed by atoms with Gasteiger partial charge in [-0.1, -0.05) is 47.0 Å². The molecule has 11 heteroatoms. The molecule has 2 amide bonds. The third-order valence-electron chi connectivity index (χ3n) is 5.61. The number of likely N-dealkylation sites (N-methyl/N-ethyl adjacent to an activating group) is 1. The summed E-state index contributed by atoms with van der Waals surface area (Å²) in [6, 6.07) is 0. The number of hydrogen-bond acceptors (Lipinski definition) is 9. The second kappa shape index (κ2) is 13.1. The second-order valence-corrected chi connectivity index (χ2v) is 8.43. The molecule has 0 aliphatic carbocycles. The second-order valence-electron chi connectivity index (χ2n) is 8.43. The Bertz CT molecular complexity index is 725. The molecule has 0 radical (unpaired) electrons. The van der Waals surface area contributed by atoms with Gasteiger partial charge in [-0.2, -0.15) is 15.0 Å². The number of aromatic nitrogens is 3. The van der Waals surface area contributed by atoms with Gasteiger partial charge < -0.3 is 9.80 Å². The van der Waals surface area contributed by atoms with Gasteiger partial charge in [0.15, 0.2) is 0 Å². The minimum Gasteiger partial charge on any atom is -0.338 e. The SMILES string of the molecule is CCCCC[C@H](CN(O)C=O)C(=O)NNc1nc(C(C)C)nc(N2CCN(CC)CC2)n1. The highest BCUT2D eigenvalue weighted by atomic mass is 16.5. The minimum absolute atomic E-state index is 0.0673. The number of hydrazine groups is 1. The number of unbranched alkanes of at least 4 members (excludes halogenated alkanes) is 2. The summed E-state index contributed by atoms with van der Waals surface area (Å²) in [5.41, 5.74) is 5.46. The summed E-state index contributed by atoms with van der Waals surface area (Å²) in [6.07, 6.45) is 3.69. The first kappa shape index (κ1) is 25.7. The maximum atomic E-state index is 12.7. The largest absolute Gasteiger partial charge is 0.338 e. The van der Waals surface area contributed by atoms with Crippen molar-refractivity contribution in [2.24, 2.45) is 5.92 Å². The van der Waals surface area contributed by atoms with Crippen molar-refractivity contribution < 1.29 is 14.8 Å². The van der Waals surface area contributed by atoms with Crippen LogP contribution in [0.2, 0.25) is 0 Å². The molecule has 1 saturated heterocycles. The van der Waals surface area contributed by atoms with Gasteiger partial charge in [0, 0.05) is 32.1 Å². The van der Waals surface area contributed by atoms with Crippen molar-refractivity contribution in [2.75, 3.05) is 49.6 Å². The molecule has 180 valence electrons. The van der Waals surface area contributed by atoms with Crippen molar-refractivity contribution in [3.05, 3.63) is 5.82 Å². The lowest BCUT2D eigenvalue weighted by Gasteiger charge is -2.34. The van der Waals surface area contributed by atoms with Crippen LogP contribution in [0.5, 0.6) is 0 Å². The molecular formula is C21H38N8O3. The van der Waals surface area contributed by atoms with Crippen LogP contribution in [0.1, 0.15) is 65.1 Å². The molecule has 32 heavy (non-hydrogen) atoms. The first-order chi connectivity index (χ1) is 15.4. The van der Waals surface area contributed by atoms with Crippen LogP contribution < -0.4 is 15.8 Å². The van der Waals surface area contributed by atoms with Crippen molar-refractivity contribution in [3.63, 3.8) is 0 Å². The van der Waals surface area contributed by atoms with E-state index in [0.717, 1.165) is 52.0 Å². The Hall–Kier alpha value is -2.53. The fraction of sp³-hybridized carbons (Fsp3) is 0.762. The molecule has 0 saturated carbocycles. The van der Waals surface area contributed by atoms with Gasteiger partial charge in [-0.15, -0.1) is 0 Å². The van der Waals surface area contributed by atoms with Crippen LogP contribution >= 0.6 is 0 Å². The number of nitrogens with zero attached hydrogens (tertiary/aromatic N) is 6. The summed E-state index contributed by atoms with van der Waals surface area (Å²) in [6.45, 7) is 12.8. The van der Waals surface area contributed by atoms with Crippen molar-refractivity contribution in [2.45, 2.75) is 59.3 Å². The third kappa shape index (κ3) is 7.86. The highest BCUT2D eigenvalue weighted by Crippen LogP contribution is 2.18. The molecule has 1 fully saturated rings. The van der Waals surface area contributed by atoms with Crippen molar-refractivity contribution >= 4 is 24.2 Å². The number of piperazine rings is 1. The summed E-state index contributed by atoms with van der Waals surface area (Å²) >= 11 is 0. The molecule has 1 aliphatic rings. The van der Waals surface area contributed by atoms with Crippen molar-refractivity contribution in [3.8, 4) is 0 Å². The summed E-state index contributed by atoms with van der Waals surface area (Å²) in [5, 5.41) is 10.1. The highest BCUT2D eigenvalue weighted by molar-refractivity contribution is 5.80. The van der Waals surface area contributed by atoms with Crippen LogP contribution in [0.25, 0.3) is 0 Å². The fourth-order valence-corrected chi connectivity index (χ4v) is 3.53. The molecule has 2 heterocycles. The van der Waals surface area contributed by atoms with E-state index in [9.17, 15) is 14.8 Å². The van der Waals surface area contributed by atoms with Crippen molar-refractivity contribution in [1.82, 2.24) is 30.3 Å². The number of hydroxylamine groups is 2. The molecule has 0 aromatic carbocycles. The molecule has 11 nitrogen and oxygen atoms in total. The molecule has 0 spiro atoms. The van der Waals surface area contributed by atoms with Gasteiger partial charge in [0.1, 0.15) is 5.82 Å². The Labute approximate surface area is 190 Å². The van der Waals surface area contributed by atoms with Gasteiger partial charge in [0.25, 0.3) is 0 Å². The van der Waals surface area contributed by atoms with Crippen LogP contribution in [0.4, 0.5) is 11.9 Å². The number of rotatable bonds is 13. The van der Waals surface area contributed by atoms with E-state index in [1.54, 1.807) is 0 Å². The average Bonchev–Trinajstić information content (AvgIpc) is 2.81. The molecule has 3 N–H and O–H groups in total. The molecule has 0 unspecified atom stereocenters. The molecule has 1 aliphatic heterocycles. The standard InChI is InChI=1S/C21H38N8O3/c1-5-7-8-9-17(14-29(32)15-30)19(31)25-26-20-22-18(16(3)4)23-21(24-20)28-12-10-27(6-2)11-13-28/h15-17,32H,5-14H2,1-4H3,(H,25,31)(H,22,23,24,26)/t17-/m1/s1. The average molecular weight is 451 g/mol. The Kier molecular flexibility index (Phi) is 10.5. The number of amides is 2. The van der Waals surface area contributed by atoms with Crippen LogP contribution in [0.15, 0.2) is 0 Å². The number of anilines is 2. The third-order valence-corrected chi connectivity index (χ3v) is 5.61. The molecule has 0 bridgehead atoms. The van der Waals surface area contributed by atoms with Gasteiger partial charge in [-0.05, 0) is 13.0 Å². The monoisotopic (exact) mass is 450 g/mol. The lowest BCUT2D eigenvalue weighted by Crippen LogP contribution is -2.47. The van der Waals surface area contributed by atoms with E-state index in [4.69, 9.17) is 0 Å². The Morgan fingerprint density at radius 3 is 2.47 bits per heavy atom. The van der Waals surface area contributed by atoms with E-state index in [2.05, 4.69) is 49.5 Å². The first-order valence-corrected chi connectivity index (χ1v) is 11.6. The van der Waals surface area contributed by atoms with E-state index in [1.165, 1.54) is 0 Å². The summed E-state index contributed by atoms with van der Waals surface area (Å²) < 4.78 is 0. The maximum absolute atomic E-state index is 12.7. The topological polar surface area (TPSA) is 127 Å². The molecule has 1 aromatic rings. The number of hydrogen-bond donors (Lipinski definition) is 3. The molecule has 1 aromatic heterocycles. The Morgan fingerprint density at radius 1 is 1.16 bits per heavy atom. The predicted octanol–water partition coefficient (Wildman–Crippen LogP) is 1.62. The van der Waals surface area contributed by atoms with Crippen LogP contribution in [-0.2, 0) is 9.59 Å². The zero-order valence-electron chi connectivity index (χ0n) is 19.8. The number of nitrogens with one attached hydrogen (secondary N) is 2. The quantitative estimate of drug-likeness (QED) is 0.178. The zero-order valence-corrected chi connectivity index (χ0v) is 19.8. The van der Waals surface area contributed by atoms with E-state index < -0.39 is 5.92 Å². The summed E-state index contributed by atoms with van der Waals surface area (Å²) in [5.74, 6) is 0.740. The van der Waals surface area contributed by atoms with E-state index in [0.29, 0.717) is 29.7 Å². The van der Waals surface area contributed by atoms with E-state index in [1.807, 2.05) is 13.8 Å². The lowest BCUT2D eigenvalue weighted by molar-refractivity contribution is -0.154. The van der Waals surface area contributed by atoms with Crippen LogP contribution in [0, 0.1) is 5.92 Å². The van der Waals surface area contributed by atoms with Crippen LogP contribution in [-0.4, -0.2) is 81.7 Å². The van der Waals surface area contributed by atoms with Gasteiger partial charge in [0.2, 0.25) is 24.2 Å². The summed E-state index contributed by atoms with van der Waals surface area (Å²) in [7, 11) is 0. The van der Waals surface area contributed by atoms with Gasteiger partial charge in [-0.3, -0.25) is 25.6 Å². The normalized spacial score (nSPS) is 15.5.